The number of benzene rings is 1. The summed E-state index contributed by atoms with van der Waals surface area (Å²) >= 11 is 3.15. The minimum Gasteiger partial charge on any atom is -0.505 e. The van der Waals surface area contributed by atoms with Crippen LogP contribution in [-0.2, 0) is 6.54 Å². The predicted octanol–water partition coefficient (Wildman–Crippen LogP) is 1.20. The van der Waals surface area contributed by atoms with Crippen LogP contribution in [0.25, 0.3) is 0 Å². The number of hydrogen-bond donors (Lipinski definition) is 3. The van der Waals surface area contributed by atoms with Crippen molar-refractivity contribution in [1.82, 2.24) is 0 Å². The number of halogens is 1. The van der Waals surface area contributed by atoms with Crippen molar-refractivity contribution in [3.63, 3.8) is 0 Å². The number of phenolic OH excluding ortho intramolecular Hbond substituents is 1. The molecule has 0 bridgehead atoms. The summed E-state index contributed by atoms with van der Waals surface area (Å²) < 4.78 is 0.581. The molecule has 0 aromatic heterocycles. The molecule has 4 heteroatoms. The molecule has 0 heterocycles. The van der Waals surface area contributed by atoms with E-state index in [4.69, 9.17) is 11.5 Å². The van der Waals surface area contributed by atoms with Crippen LogP contribution in [0.15, 0.2) is 16.6 Å². The summed E-state index contributed by atoms with van der Waals surface area (Å²) in [7, 11) is 0. The lowest BCUT2D eigenvalue weighted by Crippen LogP contribution is -1.97. The standard InChI is InChI=1S/C7H9BrN2O/c8-5-1-4(3-9)2-6(10)7(5)11/h1-2,11H,3,9-10H2. The zero-order valence-corrected chi connectivity index (χ0v) is 7.43. The highest BCUT2D eigenvalue weighted by Gasteiger charge is 2.03. The fourth-order valence-corrected chi connectivity index (χ4v) is 1.32. The molecule has 0 aliphatic heterocycles. The van der Waals surface area contributed by atoms with Gasteiger partial charge in [0.15, 0.2) is 5.75 Å². The van der Waals surface area contributed by atoms with Crippen LogP contribution in [0, 0.1) is 0 Å². The molecule has 0 saturated heterocycles. The smallest absolute Gasteiger partial charge is 0.152 e. The van der Waals surface area contributed by atoms with Gasteiger partial charge in [0, 0.05) is 6.54 Å². The van der Waals surface area contributed by atoms with E-state index in [-0.39, 0.29) is 5.75 Å². The van der Waals surface area contributed by atoms with E-state index in [0.29, 0.717) is 16.7 Å². The zero-order chi connectivity index (χ0) is 8.43. The average Bonchev–Trinajstić information content (AvgIpc) is 1.99. The molecule has 3 nitrogen and oxygen atoms in total. The summed E-state index contributed by atoms with van der Waals surface area (Å²) in [6.07, 6.45) is 0. The Hall–Kier alpha value is -0.740. The third kappa shape index (κ3) is 1.64. The maximum Gasteiger partial charge on any atom is 0.152 e. The van der Waals surface area contributed by atoms with Crippen molar-refractivity contribution in [2.24, 2.45) is 5.73 Å². The fourth-order valence-electron chi connectivity index (χ4n) is 0.797. The Morgan fingerprint density at radius 3 is 2.55 bits per heavy atom. The second-order valence-electron chi connectivity index (χ2n) is 2.22. The van der Waals surface area contributed by atoms with Crippen molar-refractivity contribution in [3.8, 4) is 5.75 Å². The van der Waals surface area contributed by atoms with Crippen molar-refractivity contribution in [2.45, 2.75) is 6.54 Å². The van der Waals surface area contributed by atoms with Gasteiger partial charge in [-0.05, 0) is 33.6 Å². The Kier molecular flexibility index (Phi) is 2.36. The summed E-state index contributed by atoms with van der Waals surface area (Å²) in [5, 5.41) is 9.21. The van der Waals surface area contributed by atoms with E-state index in [9.17, 15) is 5.11 Å². The lowest BCUT2D eigenvalue weighted by atomic mass is 10.2. The number of phenols is 1. The molecular formula is C7H9BrN2O. The Labute approximate surface area is 73.1 Å². The molecule has 0 fully saturated rings. The third-order valence-corrected chi connectivity index (χ3v) is 1.99. The van der Waals surface area contributed by atoms with Gasteiger partial charge in [0.2, 0.25) is 0 Å². The van der Waals surface area contributed by atoms with E-state index in [1.165, 1.54) is 0 Å². The molecule has 0 aliphatic carbocycles. The monoisotopic (exact) mass is 216 g/mol. The fraction of sp³-hybridized carbons (Fsp3) is 0.143. The van der Waals surface area contributed by atoms with Gasteiger partial charge in [0.1, 0.15) is 0 Å². The molecule has 0 spiro atoms. The lowest BCUT2D eigenvalue weighted by Gasteiger charge is -2.03. The van der Waals surface area contributed by atoms with Crippen molar-refractivity contribution < 1.29 is 5.11 Å². The van der Waals surface area contributed by atoms with Crippen LogP contribution >= 0.6 is 15.9 Å². The van der Waals surface area contributed by atoms with Gasteiger partial charge in [-0.2, -0.15) is 0 Å². The highest BCUT2D eigenvalue weighted by molar-refractivity contribution is 9.10. The predicted molar refractivity (Wildman–Crippen MR) is 48.1 cm³/mol. The molecule has 0 amide bonds. The van der Waals surface area contributed by atoms with Gasteiger partial charge in [-0.15, -0.1) is 0 Å². The topological polar surface area (TPSA) is 72.3 Å². The summed E-state index contributed by atoms with van der Waals surface area (Å²) in [5.41, 5.74) is 12.1. The van der Waals surface area contributed by atoms with Gasteiger partial charge in [-0.3, -0.25) is 0 Å². The van der Waals surface area contributed by atoms with Crippen molar-refractivity contribution in [3.05, 3.63) is 22.2 Å². The number of nitrogen functional groups attached to an aromatic ring is 1. The minimum atomic E-state index is 0.0715. The van der Waals surface area contributed by atoms with E-state index in [0.717, 1.165) is 5.56 Å². The number of anilines is 1. The number of rotatable bonds is 1. The highest BCUT2D eigenvalue weighted by Crippen LogP contribution is 2.30. The van der Waals surface area contributed by atoms with Crippen LogP contribution in [0.3, 0.4) is 0 Å². The second kappa shape index (κ2) is 3.11. The highest BCUT2D eigenvalue weighted by atomic mass is 79.9. The second-order valence-corrected chi connectivity index (χ2v) is 3.07. The minimum absolute atomic E-state index is 0.0715. The van der Waals surface area contributed by atoms with Crippen LogP contribution in [0.5, 0.6) is 5.75 Å². The quantitative estimate of drug-likeness (QED) is 0.488. The Bertz CT molecular complexity index is 252. The van der Waals surface area contributed by atoms with Gasteiger partial charge < -0.3 is 16.6 Å². The molecule has 0 unspecified atom stereocenters. The molecule has 1 aromatic rings. The molecule has 60 valence electrons. The normalized spacial score (nSPS) is 10.0. The summed E-state index contributed by atoms with van der Waals surface area (Å²) in [5.74, 6) is 0.0715. The van der Waals surface area contributed by atoms with Gasteiger partial charge in [0.25, 0.3) is 0 Å². The van der Waals surface area contributed by atoms with Gasteiger partial charge in [-0.1, -0.05) is 0 Å². The number of nitrogens with two attached hydrogens (primary N) is 2. The van der Waals surface area contributed by atoms with Crippen molar-refractivity contribution in [1.29, 1.82) is 0 Å². The van der Waals surface area contributed by atoms with Gasteiger partial charge >= 0.3 is 0 Å². The van der Waals surface area contributed by atoms with E-state index in [2.05, 4.69) is 15.9 Å². The Morgan fingerprint density at radius 1 is 1.45 bits per heavy atom. The van der Waals surface area contributed by atoms with E-state index >= 15 is 0 Å². The molecule has 5 N–H and O–H groups in total. The zero-order valence-electron chi connectivity index (χ0n) is 5.84. The first-order chi connectivity index (χ1) is 5.15. The van der Waals surface area contributed by atoms with Crippen LogP contribution in [0.1, 0.15) is 5.56 Å². The van der Waals surface area contributed by atoms with Crippen LogP contribution in [0.4, 0.5) is 5.69 Å². The summed E-state index contributed by atoms with van der Waals surface area (Å²) in [6.45, 7) is 0.420. The first kappa shape index (κ1) is 8.36. The van der Waals surface area contributed by atoms with E-state index in [1.807, 2.05) is 0 Å². The van der Waals surface area contributed by atoms with Crippen LogP contribution < -0.4 is 11.5 Å². The van der Waals surface area contributed by atoms with Gasteiger partial charge in [0.05, 0.1) is 10.2 Å². The molecule has 1 aromatic carbocycles. The maximum atomic E-state index is 9.21. The third-order valence-electron chi connectivity index (χ3n) is 1.39. The van der Waals surface area contributed by atoms with Gasteiger partial charge in [-0.25, -0.2) is 0 Å². The van der Waals surface area contributed by atoms with Crippen LogP contribution in [-0.4, -0.2) is 5.11 Å². The molecule has 1 rings (SSSR count). The SMILES string of the molecule is NCc1cc(N)c(O)c(Br)c1. The van der Waals surface area contributed by atoms with E-state index in [1.54, 1.807) is 12.1 Å². The Balaban J connectivity index is 3.21. The molecule has 0 saturated carbocycles. The maximum absolute atomic E-state index is 9.21. The number of aromatic hydroxyl groups is 1. The van der Waals surface area contributed by atoms with Crippen molar-refractivity contribution >= 4 is 21.6 Å². The number of hydrogen-bond acceptors (Lipinski definition) is 3. The van der Waals surface area contributed by atoms with E-state index < -0.39 is 0 Å². The summed E-state index contributed by atoms with van der Waals surface area (Å²) in [6, 6.07) is 3.39. The molecule has 0 radical (unpaired) electrons. The van der Waals surface area contributed by atoms with Crippen molar-refractivity contribution in [2.75, 3.05) is 5.73 Å². The molecule has 0 atom stereocenters. The first-order valence-corrected chi connectivity index (χ1v) is 3.91. The lowest BCUT2D eigenvalue weighted by molar-refractivity contribution is 0.474. The molecule has 11 heavy (non-hydrogen) atoms. The molecule has 0 aliphatic rings. The largest absolute Gasteiger partial charge is 0.505 e. The average molecular weight is 217 g/mol. The first-order valence-electron chi connectivity index (χ1n) is 3.12. The van der Waals surface area contributed by atoms with Crippen LogP contribution in [0.2, 0.25) is 0 Å². The summed E-state index contributed by atoms with van der Waals surface area (Å²) in [4.78, 5) is 0. The molecular weight excluding hydrogens is 208 g/mol. The Morgan fingerprint density at radius 2 is 2.09 bits per heavy atom.